The standard InChI is InChI=1S/C11H15F2NOS/c1-14-6-9(15)8-4-2-3-5-10(8)16-7-11(12)13/h2-5,9,11,14-15H,6-7H2,1H3. The number of rotatable bonds is 6. The van der Waals surface area contributed by atoms with Gasteiger partial charge in [-0.2, -0.15) is 0 Å². The number of hydrogen-bond acceptors (Lipinski definition) is 3. The lowest BCUT2D eigenvalue weighted by Gasteiger charge is -2.14. The minimum absolute atomic E-state index is 0.247. The molecule has 2 N–H and O–H groups in total. The highest BCUT2D eigenvalue weighted by Gasteiger charge is 2.13. The summed E-state index contributed by atoms with van der Waals surface area (Å²) in [6.07, 6.45) is -2.99. The van der Waals surface area contributed by atoms with Crippen LogP contribution in [0.3, 0.4) is 0 Å². The van der Waals surface area contributed by atoms with Crippen LogP contribution in [0.5, 0.6) is 0 Å². The molecule has 0 saturated carbocycles. The fraction of sp³-hybridized carbons (Fsp3) is 0.455. The molecule has 0 aliphatic rings. The molecule has 0 aromatic heterocycles. The number of nitrogens with one attached hydrogen (secondary N) is 1. The van der Waals surface area contributed by atoms with Gasteiger partial charge in [0.25, 0.3) is 0 Å². The molecule has 5 heteroatoms. The van der Waals surface area contributed by atoms with Gasteiger partial charge in [-0.25, -0.2) is 8.78 Å². The molecule has 0 bridgehead atoms. The summed E-state index contributed by atoms with van der Waals surface area (Å²) in [6.45, 7) is 0.409. The molecule has 0 heterocycles. The summed E-state index contributed by atoms with van der Waals surface area (Å²) in [5.41, 5.74) is 0.697. The fourth-order valence-electron chi connectivity index (χ4n) is 1.34. The van der Waals surface area contributed by atoms with Crippen molar-refractivity contribution in [2.45, 2.75) is 17.4 Å². The molecule has 1 rings (SSSR count). The monoisotopic (exact) mass is 247 g/mol. The molecule has 1 aromatic carbocycles. The summed E-state index contributed by atoms with van der Waals surface area (Å²) in [5, 5.41) is 12.7. The number of aliphatic hydroxyl groups is 1. The highest BCUT2D eigenvalue weighted by atomic mass is 32.2. The molecule has 0 spiro atoms. The van der Waals surface area contributed by atoms with Crippen LogP contribution in [0.1, 0.15) is 11.7 Å². The number of aliphatic hydroxyl groups excluding tert-OH is 1. The lowest BCUT2D eigenvalue weighted by Crippen LogP contribution is -2.17. The summed E-state index contributed by atoms with van der Waals surface area (Å²) >= 11 is 1.07. The minimum Gasteiger partial charge on any atom is -0.387 e. The number of alkyl halides is 2. The molecule has 90 valence electrons. The Labute approximate surface area is 98.1 Å². The van der Waals surface area contributed by atoms with Crippen LogP contribution in [-0.4, -0.2) is 30.9 Å². The quantitative estimate of drug-likeness (QED) is 0.757. The summed E-state index contributed by atoms with van der Waals surface area (Å²) in [7, 11) is 1.73. The van der Waals surface area contributed by atoms with Crippen molar-refractivity contribution < 1.29 is 13.9 Å². The highest BCUT2D eigenvalue weighted by Crippen LogP contribution is 2.28. The average Bonchev–Trinajstić information content (AvgIpc) is 2.27. The van der Waals surface area contributed by atoms with E-state index in [0.717, 1.165) is 11.8 Å². The van der Waals surface area contributed by atoms with Gasteiger partial charge in [0, 0.05) is 11.4 Å². The van der Waals surface area contributed by atoms with Crippen molar-refractivity contribution in [2.75, 3.05) is 19.3 Å². The number of thioether (sulfide) groups is 1. The Morgan fingerprint density at radius 3 is 2.69 bits per heavy atom. The molecule has 1 atom stereocenters. The summed E-state index contributed by atoms with van der Waals surface area (Å²) in [4.78, 5) is 0.713. The molecular formula is C11H15F2NOS. The molecule has 1 unspecified atom stereocenters. The molecule has 16 heavy (non-hydrogen) atoms. The lowest BCUT2D eigenvalue weighted by atomic mass is 10.1. The van der Waals surface area contributed by atoms with Crippen LogP contribution < -0.4 is 5.32 Å². The van der Waals surface area contributed by atoms with Gasteiger partial charge in [-0.05, 0) is 18.7 Å². The first-order chi connectivity index (χ1) is 7.65. The maximum absolute atomic E-state index is 12.1. The van der Waals surface area contributed by atoms with E-state index in [1.807, 2.05) is 0 Å². The van der Waals surface area contributed by atoms with Gasteiger partial charge in [-0.3, -0.25) is 0 Å². The number of hydrogen-bond donors (Lipinski definition) is 2. The second-order valence-electron chi connectivity index (χ2n) is 3.31. The van der Waals surface area contributed by atoms with Crippen LogP contribution >= 0.6 is 11.8 Å². The van der Waals surface area contributed by atoms with Crippen molar-refractivity contribution in [3.8, 4) is 0 Å². The Kier molecular flexibility index (Phi) is 5.73. The molecule has 1 aromatic rings. The van der Waals surface area contributed by atoms with Crippen LogP contribution in [0.2, 0.25) is 0 Å². The van der Waals surface area contributed by atoms with E-state index >= 15 is 0 Å². The predicted molar refractivity (Wildman–Crippen MR) is 62.1 cm³/mol. The number of benzene rings is 1. The highest BCUT2D eigenvalue weighted by molar-refractivity contribution is 7.99. The molecule has 0 aliphatic heterocycles. The smallest absolute Gasteiger partial charge is 0.247 e. The van der Waals surface area contributed by atoms with Gasteiger partial charge in [0.1, 0.15) is 0 Å². The second-order valence-corrected chi connectivity index (χ2v) is 4.38. The third kappa shape index (κ3) is 4.08. The van der Waals surface area contributed by atoms with E-state index in [4.69, 9.17) is 0 Å². The molecule has 0 fully saturated rings. The molecular weight excluding hydrogens is 232 g/mol. The number of halogens is 2. The fourth-order valence-corrected chi connectivity index (χ4v) is 2.19. The van der Waals surface area contributed by atoms with E-state index < -0.39 is 12.5 Å². The van der Waals surface area contributed by atoms with Crippen LogP contribution in [0.15, 0.2) is 29.2 Å². The third-order valence-corrected chi connectivity index (χ3v) is 3.14. The van der Waals surface area contributed by atoms with Crippen molar-refractivity contribution in [2.24, 2.45) is 0 Å². The largest absolute Gasteiger partial charge is 0.387 e. The van der Waals surface area contributed by atoms with Crippen molar-refractivity contribution in [1.29, 1.82) is 0 Å². The summed E-state index contributed by atoms with van der Waals surface area (Å²) in [6, 6.07) is 7.08. The first-order valence-corrected chi connectivity index (χ1v) is 5.96. The van der Waals surface area contributed by atoms with Crippen LogP contribution in [0, 0.1) is 0 Å². The molecule has 2 nitrogen and oxygen atoms in total. The lowest BCUT2D eigenvalue weighted by molar-refractivity contribution is 0.173. The van der Waals surface area contributed by atoms with E-state index in [1.54, 1.807) is 31.3 Å². The van der Waals surface area contributed by atoms with Gasteiger partial charge in [-0.1, -0.05) is 18.2 Å². The zero-order valence-corrected chi connectivity index (χ0v) is 9.81. The van der Waals surface area contributed by atoms with Gasteiger partial charge in [0.05, 0.1) is 11.9 Å². The number of likely N-dealkylation sites (N-methyl/N-ethyl adjacent to an activating group) is 1. The van der Waals surface area contributed by atoms with Crippen molar-refractivity contribution in [1.82, 2.24) is 5.32 Å². The minimum atomic E-state index is -2.33. The summed E-state index contributed by atoms with van der Waals surface area (Å²) in [5.74, 6) is -0.247. The maximum atomic E-state index is 12.1. The first-order valence-electron chi connectivity index (χ1n) is 4.97. The molecule has 0 radical (unpaired) electrons. The molecule has 0 amide bonds. The van der Waals surface area contributed by atoms with E-state index in [1.165, 1.54) is 0 Å². The van der Waals surface area contributed by atoms with Crippen LogP contribution in [0.4, 0.5) is 8.78 Å². The third-order valence-electron chi connectivity index (χ3n) is 2.04. The van der Waals surface area contributed by atoms with E-state index in [-0.39, 0.29) is 5.75 Å². The maximum Gasteiger partial charge on any atom is 0.247 e. The molecule has 0 saturated heterocycles. The van der Waals surface area contributed by atoms with Crippen molar-refractivity contribution in [3.05, 3.63) is 29.8 Å². The first kappa shape index (κ1) is 13.4. The van der Waals surface area contributed by atoms with Crippen molar-refractivity contribution in [3.63, 3.8) is 0 Å². The van der Waals surface area contributed by atoms with E-state index in [2.05, 4.69) is 5.32 Å². The average molecular weight is 247 g/mol. The SMILES string of the molecule is CNCC(O)c1ccccc1SCC(F)F. The van der Waals surface area contributed by atoms with Gasteiger partial charge < -0.3 is 10.4 Å². The second kappa shape index (κ2) is 6.83. The Hall–Kier alpha value is -0.650. The van der Waals surface area contributed by atoms with Gasteiger partial charge >= 0.3 is 0 Å². The Balaban J connectivity index is 2.74. The Bertz CT molecular complexity index is 323. The topological polar surface area (TPSA) is 32.3 Å². The van der Waals surface area contributed by atoms with Crippen LogP contribution in [-0.2, 0) is 0 Å². The predicted octanol–water partition coefficient (Wildman–Crippen LogP) is 2.30. The van der Waals surface area contributed by atoms with Crippen molar-refractivity contribution >= 4 is 11.8 Å². The summed E-state index contributed by atoms with van der Waals surface area (Å²) < 4.78 is 24.2. The van der Waals surface area contributed by atoms with E-state index in [9.17, 15) is 13.9 Å². The van der Waals surface area contributed by atoms with Crippen LogP contribution in [0.25, 0.3) is 0 Å². The van der Waals surface area contributed by atoms with Gasteiger partial charge in [-0.15, -0.1) is 11.8 Å². The Morgan fingerprint density at radius 2 is 2.06 bits per heavy atom. The van der Waals surface area contributed by atoms with Gasteiger partial charge in [0.15, 0.2) is 0 Å². The normalized spacial score (nSPS) is 13.1. The van der Waals surface area contributed by atoms with Gasteiger partial charge in [0.2, 0.25) is 6.43 Å². The molecule has 0 aliphatic carbocycles. The zero-order valence-electron chi connectivity index (χ0n) is 8.99. The van der Waals surface area contributed by atoms with E-state index in [0.29, 0.717) is 17.0 Å². The zero-order chi connectivity index (χ0) is 12.0. The Morgan fingerprint density at radius 1 is 1.38 bits per heavy atom.